The van der Waals surface area contributed by atoms with Gasteiger partial charge in [-0.05, 0) is 90.8 Å². The second-order valence-corrected chi connectivity index (χ2v) is 13.3. The highest BCUT2D eigenvalue weighted by Crippen LogP contribution is 2.66. The van der Waals surface area contributed by atoms with Crippen molar-refractivity contribution in [2.24, 2.45) is 58.2 Å². The van der Waals surface area contributed by atoms with Gasteiger partial charge in [-0.25, -0.2) is 0 Å². The Labute approximate surface area is 205 Å². The fraction of sp³-hybridized carbons (Fsp3) is 0.964. The molecule has 0 radical (unpaired) electrons. The fourth-order valence-corrected chi connectivity index (χ4v) is 8.95. The van der Waals surface area contributed by atoms with Crippen LogP contribution in [0.25, 0.3) is 0 Å². The molecule has 0 aromatic heterocycles. The minimum absolute atomic E-state index is 0.00827. The standard InChI is InChI=1S/C28H48O6/c1-14(2)15(3)24(31)25(32)16(4)18-7-8-19-17-13-34-26(33)21-11-22(29)23(30)12-28(21,6)20(17)9-10-27(18,19)5/h14-25,29-32H,7-13H2,1-6H3/t15?,16?,17?,18?,19?,20?,21?,22?,23?,24?,25?,27-,28-/m1/s1. The van der Waals surface area contributed by atoms with Crippen molar-refractivity contribution in [3.63, 3.8) is 0 Å². The summed E-state index contributed by atoms with van der Waals surface area (Å²) in [6.45, 7) is 13.2. The lowest BCUT2D eigenvalue weighted by Crippen LogP contribution is -2.55. The minimum atomic E-state index is -0.867. The molecule has 196 valence electrons. The van der Waals surface area contributed by atoms with E-state index in [2.05, 4.69) is 34.6 Å². The summed E-state index contributed by atoms with van der Waals surface area (Å²) in [7, 11) is 0. The van der Waals surface area contributed by atoms with Crippen molar-refractivity contribution in [3.05, 3.63) is 0 Å². The monoisotopic (exact) mass is 480 g/mol. The van der Waals surface area contributed by atoms with E-state index in [-0.39, 0.29) is 52.8 Å². The minimum Gasteiger partial charge on any atom is -0.465 e. The van der Waals surface area contributed by atoms with Crippen molar-refractivity contribution in [1.29, 1.82) is 0 Å². The van der Waals surface area contributed by atoms with E-state index < -0.39 is 24.4 Å². The quantitative estimate of drug-likeness (QED) is 0.450. The highest BCUT2D eigenvalue weighted by molar-refractivity contribution is 5.74. The molecule has 4 aliphatic rings. The van der Waals surface area contributed by atoms with Crippen LogP contribution >= 0.6 is 0 Å². The number of hydrogen-bond acceptors (Lipinski definition) is 6. The molecule has 0 bridgehead atoms. The summed E-state index contributed by atoms with van der Waals surface area (Å²) in [6, 6.07) is 0. The normalized spacial score (nSPS) is 48.1. The molecule has 34 heavy (non-hydrogen) atoms. The molecule has 6 nitrogen and oxygen atoms in total. The van der Waals surface area contributed by atoms with E-state index in [1.54, 1.807) is 0 Å². The predicted octanol–water partition coefficient (Wildman–Crippen LogP) is 3.39. The Kier molecular flexibility index (Phi) is 7.23. The molecular formula is C28H48O6. The Hall–Kier alpha value is -0.690. The lowest BCUT2D eigenvalue weighted by Gasteiger charge is -2.56. The van der Waals surface area contributed by atoms with E-state index in [9.17, 15) is 25.2 Å². The van der Waals surface area contributed by atoms with Gasteiger partial charge in [-0.2, -0.15) is 0 Å². The third-order valence-corrected chi connectivity index (χ3v) is 11.5. The summed E-state index contributed by atoms with van der Waals surface area (Å²) >= 11 is 0. The number of carbonyl (C=O) groups excluding carboxylic acids is 1. The van der Waals surface area contributed by atoms with Crippen LogP contribution in [0.15, 0.2) is 0 Å². The van der Waals surface area contributed by atoms with Crippen molar-refractivity contribution in [1.82, 2.24) is 0 Å². The van der Waals surface area contributed by atoms with Gasteiger partial charge in [0.1, 0.15) is 0 Å². The molecule has 0 spiro atoms. The third kappa shape index (κ3) is 4.05. The lowest BCUT2D eigenvalue weighted by molar-refractivity contribution is -0.162. The van der Waals surface area contributed by atoms with Crippen LogP contribution in [0, 0.1) is 58.2 Å². The van der Waals surface area contributed by atoms with E-state index in [1.165, 1.54) is 0 Å². The van der Waals surface area contributed by atoms with Crippen LogP contribution in [0.4, 0.5) is 0 Å². The largest absolute Gasteiger partial charge is 0.465 e. The summed E-state index contributed by atoms with van der Waals surface area (Å²) < 4.78 is 5.86. The number of fused-ring (bicyclic) bond motifs is 5. The average molecular weight is 481 g/mol. The van der Waals surface area contributed by atoms with Crippen LogP contribution in [-0.4, -0.2) is 57.4 Å². The van der Waals surface area contributed by atoms with Gasteiger partial charge in [0.05, 0.1) is 36.9 Å². The zero-order chi connectivity index (χ0) is 25.2. The van der Waals surface area contributed by atoms with Crippen LogP contribution in [0.1, 0.15) is 80.1 Å². The van der Waals surface area contributed by atoms with Crippen LogP contribution in [-0.2, 0) is 9.53 Å². The molecule has 11 unspecified atom stereocenters. The molecule has 1 saturated heterocycles. The number of carbonyl (C=O) groups is 1. The van der Waals surface area contributed by atoms with Crippen molar-refractivity contribution in [3.8, 4) is 0 Å². The first-order valence-electron chi connectivity index (χ1n) is 13.7. The zero-order valence-corrected chi connectivity index (χ0v) is 22.0. The van der Waals surface area contributed by atoms with Gasteiger partial charge in [0.25, 0.3) is 0 Å². The van der Waals surface area contributed by atoms with Crippen LogP contribution < -0.4 is 0 Å². The molecule has 3 saturated carbocycles. The van der Waals surface area contributed by atoms with E-state index in [1.807, 2.05) is 6.92 Å². The summed E-state index contributed by atoms with van der Waals surface area (Å²) in [5, 5.41) is 42.9. The number of aliphatic hydroxyl groups is 4. The van der Waals surface area contributed by atoms with Gasteiger partial charge in [-0.1, -0.05) is 41.5 Å². The van der Waals surface area contributed by atoms with E-state index in [4.69, 9.17) is 4.74 Å². The lowest BCUT2D eigenvalue weighted by atomic mass is 9.48. The fourth-order valence-electron chi connectivity index (χ4n) is 8.95. The van der Waals surface area contributed by atoms with Gasteiger partial charge < -0.3 is 25.2 Å². The second kappa shape index (κ2) is 9.32. The molecule has 1 aliphatic heterocycles. The highest BCUT2D eigenvalue weighted by Gasteiger charge is 2.63. The Bertz CT molecular complexity index is 755. The smallest absolute Gasteiger partial charge is 0.309 e. The van der Waals surface area contributed by atoms with Gasteiger partial charge in [-0.15, -0.1) is 0 Å². The van der Waals surface area contributed by atoms with Gasteiger partial charge in [0.15, 0.2) is 0 Å². The predicted molar refractivity (Wildman–Crippen MR) is 130 cm³/mol. The first-order chi connectivity index (χ1) is 15.8. The number of ether oxygens (including phenoxy) is 1. The van der Waals surface area contributed by atoms with Gasteiger partial charge in [0.2, 0.25) is 0 Å². The maximum atomic E-state index is 13.0. The summed E-state index contributed by atoms with van der Waals surface area (Å²) in [5.41, 5.74) is -0.345. The first-order valence-corrected chi connectivity index (χ1v) is 13.7. The molecule has 6 heteroatoms. The number of hydrogen-bond donors (Lipinski definition) is 4. The molecule has 13 atom stereocenters. The van der Waals surface area contributed by atoms with Crippen LogP contribution in [0.2, 0.25) is 0 Å². The van der Waals surface area contributed by atoms with Crippen LogP contribution in [0.3, 0.4) is 0 Å². The molecular weight excluding hydrogens is 432 g/mol. The van der Waals surface area contributed by atoms with Gasteiger partial charge in [0, 0.05) is 0 Å². The van der Waals surface area contributed by atoms with E-state index >= 15 is 0 Å². The second-order valence-electron chi connectivity index (χ2n) is 13.3. The first kappa shape index (κ1) is 26.4. The molecule has 0 aromatic carbocycles. The molecule has 4 rings (SSSR count). The van der Waals surface area contributed by atoms with Crippen molar-refractivity contribution in [2.45, 2.75) is 104 Å². The van der Waals surface area contributed by atoms with Gasteiger partial charge >= 0.3 is 5.97 Å². The Morgan fingerprint density at radius 1 is 0.912 bits per heavy atom. The van der Waals surface area contributed by atoms with Crippen molar-refractivity contribution >= 4 is 5.97 Å². The average Bonchev–Trinajstić information content (AvgIpc) is 3.09. The number of cyclic esters (lactones) is 1. The molecule has 1 heterocycles. The number of aliphatic hydroxyl groups excluding tert-OH is 4. The summed E-state index contributed by atoms with van der Waals surface area (Å²) in [4.78, 5) is 13.0. The third-order valence-electron chi connectivity index (χ3n) is 11.5. The maximum absolute atomic E-state index is 13.0. The molecule has 4 N–H and O–H groups in total. The van der Waals surface area contributed by atoms with E-state index in [0.717, 1.165) is 25.7 Å². The van der Waals surface area contributed by atoms with Gasteiger partial charge in [-0.3, -0.25) is 4.79 Å². The Morgan fingerprint density at radius 2 is 1.56 bits per heavy atom. The molecule has 4 fully saturated rings. The Morgan fingerprint density at radius 3 is 2.21 bits per heavy atom. The van der Waals surface area contributed by atoms with E-state index in [0.29, 0.717) is 30.8 Å². The SMILES string of the molecule is CC(C)C(C)C(O)C(O)C(C)C1CCC2C3COC(=O)C4CC(O)C(O)C[C@]4(C)C3CC[C@]12C. The van der Waals surface area contributed by atoms with Crippen LogP contribution in [0.5, 0.6) is 0 Å². The summed E-state index contributed by atoms with van der Waals surface area (Å²) in [6.07, 6.45) is 1.61. The zero-order valence-electron chi connectivity index (χ0n) is 22.0. The number of rotatable bonds is 5. The maximum Gasteiger partial charge on any atom is 0.309 e. The highest BCUT2D eigenvalue weighted by atomic mass is 16.5. The summed E-state index contributed by atoms with van der Waals surface area (Å²) in [5.74, 6) is 0.948. The molecule has 0 amide bonds. The van der Waals surface area contributed by atoms with Crippen molar-refractivity contribution < 1.29 is 30.0 Å². The molecule has 3 aliphatic carbocycles. The molecule has 0 aromatic rings. The Balaban J connectivity index is 1.58. The van der Waals surface area contributed by atoms with Crippen molar-refractivity contribution in [2.75, 3.05) is 6.61 Å². The number of esters is 1. The topological polar surface area (TPSA) is 107 Å².